The summed E-state index contributed by atoms with van der Waals surface area (Å²) in [6.45, 7) is 6.97. The van der Waals surface area contributed by atoms with Gasteiger partial charge in [-0.2, -0.15) is 0 Å². The molecule has 2 aliphatic heterocycles. The second kappa shape index (κ2) is 7.99. The minimum Gasteiger partial charge on any atom is -0.377 e. The molecule has 138 valence electrons. The fraction of sp³-hybridized carbons (Fsp3) is 0.722. The zero-order valence-electron chi connectivity index (χ0n) is 15.1. The SMILES string of the molecule is Cc1noc(C)c1CCC(=O)N1CCOC[C@@H]1CC(=O)N1CCCC1. The predicted molar refractivity (Wildman–Crippen MR) is 91.0 cm³/mol. The molecule has 0 saturated carbocycles. The van der Waals surface area contributed by atoms with Crippen LogP contribution in [0.2, 0.25) is 0 Å². The summed E-state index contributed by atoms with van der Waals surface area (Å²) in [6, 6.07) is -0.154. The molecule has 2 amide bonds. The topological polar surface area (TPSA) is 75.9 Å². The van der Waals surface area contributed by atoms with Crippen molar-refractivity contribution < 1.29 is 18.8 Å². The highest BCUT2D eigenvalue weighted by atomic mass is 16.5. The molecule has 1 aromatic heterocycles. The summed E-state index contributed by atoms with van der Waals surface area (Å²) in [5, 5.41) is 3.93. The van der Waals surface area contributed by atoms with E-state index in [-0.39, 0.29) is 17.9 Å². The third-order valence-corrected chi connectivity index (χ3v) is 5.19. The molecular weight excluding hydrogens is 322 g/mol. The summed E-state index contributed by atoms with van der Waals surface area (Å²) in [4.78, 5) is 28.9. The zero-order valence-corrected chi connectivity index (χ0v) is 15.1. The molecule has 0 radical (unpaired) electrons. The van der Waals surface area contributed by atoms with Crippen LogP contribution in [-0.4, -0.2) is 65.7 Å². The van der Waals surface area contributed by atoms with Crippen LogP contribution in [0.15, 0.2) is 4.52 Å². The summed E-state index contributed by atoms with van der Waals surface area (Å²) in [5.74, 6) is 0.979. The van der Waals surface area contributed by atoms with Crippen LogP contribution in [0.1, 0.15) is 42.7 Å². The highest BCUT2D eigenvalue weighted by Gasteiger charge is 2.31. The largest absolute Gasteiger partial charge is 0.377 e. The Hall–Kier alpha value is -1.89. The van der Waals surface area contributed by atoms with Crippen LogP contribution in [0.4, 0.5) is 0 Å². The normalized spacial score (nSPS) is 21.0. The number of rotatable bonds is 5. The lowest BCUT2D eigenvalue weighted by Crippen LogP contribution is -2.50. The fourth-order valence-corrected chi connectivity index (χ4v) is 3.68. The minimum absolute atomic E-state index is 0.0718. The molecule has 3 rings (SSSR count). The van der Waals surface area contributed by atoms with Crippen LogP contribution in [0.25, 0.3) is 0 Å². The van der Waals surface area contributed by atoms with E-state index in [0.717, 1.165) is 42.9 Å². The predicted octanol–water partition coefficient (Wildman–Crippen LogP) is 1.46. The maximum atomic E-state index is 12.7. The molecule has 0 aliphatic carbocycles. The quantitative estimate of drug-likeness (QED) is 0.804. The van der Waals surface area contributed by atoms with Gasteiger partial charge in [0, 0.05) is 38.0 Å². The van der Waals surface area contributed by atoms with Crippen molar-refractivity contribution in [1.29, 1.82) is 0 Å². The van der Waals surface area contributed by atoms with Gasteiger partial charge >= 0.3 is 0 Å². The molecule has 0 bridgehead atoms. The van der Waals surface area contributed by atoms with Crippen LogP contribution in [0.5, 0.6) is 0 Å². The first-order valence-electron chi connectivity index (χ1n) is 9.13. The van der Waals surface area contributed by atoms with Crippen LogP contribution < -0.4 is 0 Å². The third kappa shape index (κ3) is 4.21. The van der Waals surface area contributed by atoms with Crippen molar-refractivity contribution in [2.75, 3.05) is 32.8 Å². The molecule has 0 N–H and O–H groups in total. The van der Waals surface area contributed by atoms with Gasteiger partial charge in [0.1, 0.15) is 5.76 Å². The Balaban J connectivity index is 1.57. The van der Waals surface area contributed by atoms with Crippen LogP contribution in [0, 0.1) is 13.8 Å². The van der Waals surface area contributed by atoms with Crippen molar-refractivity contribution in [2.45, 2.75) is 52.0 Å². The fourth-order valence-electron chi connectivity index (χ4n) is 3.68. The van der Waals surface area contributed by atoms with Gasteiger partial charge in [-0.05, 0) is 33.1 Å². The first-order chi connectivity index (χ1) is 12.1. The van der Waals surface area contributed by atoms with Crippen LogP contribution in [0.3, 0.4) is 0 Å². The molecule has 0 aromatic carbocycles. The Morgan fingerprint density at radius 1 is 1.16 bits per heavy atom. The van der Waals surface area contributed by atoms with E-state index in [9.17, 15) is 9.59 Å². The van der Waals surface area contributed by atoms with E-state index in [0.29, 0.717) is 39.0 Å². The summed E-state index contributed by atoms with van der Waals surface area (Å²) in [6.07, 6.45) is 3.53. The molecule has 3 heterocycles. The van der Waals surface area contributed by atoms with Gasteiger partial charge in [-0.1, -0.05) is 5.16 Å². The van der Waals surface area contributed by atoms with Crippen LogP contribution in [-0.2, 0) is 20.7 Å². The van der Waals surface area contributed by atoms with E-state index in [1.165, 1.54) is 0 Å². The maximum absolute atomic E-state index is 12.7. The van der Waals surface area contributed by atoms with Gasteiger partial charge in [0.15, 0.2) is 0 Å². The highest BCUT2D eigenvalue weighted by Crippen LogP contribution is 2.19. The lowest BCUT2D eigenvalue weighted by Gasteiger charge is -2.36. The summed E-state index contributed by atoms with van der Waals surface area (Å²) in [7, 11) is 0. The number of hydrogen-bond donors (Lipinski definition) is 0. The van der Waals surface area contributed by atoms with Gasteiger partial charge in [0.05, 0.1) is 24.9 Å². The Morgan fingerprint density at radius 3 is 2.60 bits per heavy atom. The minimum atomic E-state index is -0.154. The second-order valence-electron chi connectivity index (χ2n) is 6.91. The number of likely N-dealkylation sites (tertiary alicyclic amines) is 1. The monoisotopic (exact) mass is 349 g/mol. The summed E-state index contributed by atoms with van der Waals surface area (Å²) >= 11 is 0. The molecular formula is C18H27N3O4. The number of ether oxygens (including phenoxy) is 1. The van der Waals surface area contributed by atoms with Crippen molar-refractivity contribution in [3.8, 4) is 0 Å². The van der Waals surface area contributed by atoms with E-state index in [2.05, 4.69) is 5.16 Å². The van der Waals surface area contributed by atoms with E-state index in [1.54, 1.807) is 0 Å². The standard InChI is InChI=1S/C18H27N3O4/c1-13-16(14(2)25-19-13)5-6-17(22)21-9-10-24-12-15(21)11-18(23)20-7-3-4-8-20/h15H,3-12H2,1-2H3/t15-/m0/s1. The van der Waals surface area contributed by atoms with Crippen molar-refractivity contribution in [3.63, 3.8) is 0 Å². The van der Waals surface area contributed by atoms with Gasteiger partial charge in [-0.15, -0.1) is 0 Å². The lowest BCUT2D eigenvalue weighted by atomic mass is 10.1. The number of carbonyl (C=O) groups excluding carboxylic acids is 2. The van der Waals surface area contributed by atoms with Crippen molar-refractivity contribution in [2.24, 2.45) is 0 Å². The van der Waals surface area contributed by atoms with Crippen molar-refractivity contribution in [3.05, 3.63) is 17.0 Å². The van der Waals surface area contributed by atoms with E-state index in [4.69, 9.17) is 9.26 Å². The van der Waals surface area contributed by atoms with Gasteiger partial charge in [-0.3, -0.25) is 9.59 Å². The molecule has 7 heteroatoms. The van der Waals surface area contributed by atoms with E-state index < -0.39 is 0 Å². The number of hydrogen-bond acceptors (Lipinski definition) is 5. The Kier molecular flexibility index (Phi) is 5.73. The van der Waals surface area contributed by atoms with Crippen molar-refractivity contribution in [1.82, 2.24) is 15.0 Å². The van der Waals surface area contributed by atoms with Gasteiger partial charge in [0.25, 0.3) is 0 Å². The Morgan fingerprint density at radius 2 is 1.92 bits per heavy atom. The summed E-state index contributed by atoms with van der Waals surface area (Å²) in [5.41, 5.74) is 1.85. The van der Waals surface area contributed by atoms with E-state index >= 15 is 0 Å². The molecule has 2 saturated heterocycles. The third-order valence-electron chi connectivity index (χ3n) is 5.19. The highest BCUT2D eigenvalue weighted by molar-refractivity contribution is 5.80. The van der Waals surface area contributed by atoms with Gasteiger partial charge in [0.2, 0.25) is 11.8 Å². The molecule has 7 nitrogen and oxygen atoms in total. The molecule has 1 atom stereocenters. The first-order valence-corrected chi connectivity index (χ1v) is 9.13. The average molecular weight is 349 g/mol. The zero-order chi connectivity index (χ0) is 17.8. The maximum Gasteiger partial charge on any atom is 0.224 e. The smallest absolute Gasteiger partial charge is 0.224 e. The summed E-state index contributed by atoms with van der Waals surface area (Å²) < 4.78 is 10.7. The molecule has 0 spiro atoms. The first kappa shape index (κ1) is 17.9. The Labute approximate surface area is 148 Å². The molecule has 2 fully saturated rings. The second-order valence-corrected chi connectivity index (χ2v) is 6.91. The number of aryl methyl sites for hydroxylation is 2. The van der Waals surface area contributed by atoms with Crippen molar-refractivity contribution >= 4 is 11.8 Å². The van der Waals surface area contributed by atoms with Crippen LogP contribution >= 0.6 is 0 Å². The number of carbonyl (C=O) groups is 2. The van der Waals surface area contributed by atoms with E-state index in [1.807, 2.05) is 23.6 Å². The number of nitrogens with zero attached hydrogens (tertiary/aromatic N) is 3. The molecule has 1 aromatic rings. The number of morpholine rings is 1. The van der Waals surface area contributed by atoms with Gasteiger partial charge < -0.3 is 19.1 Å². The number of aromatic nitrogens is 1. The molecule has 25 heavy (non-hydrogen) atoms. The number of amides is 2. The lowest BCUT2D eigenvalue weighted by molar-refractivity contribution is -0.143. The molecule has 2 aliphatic rings. The molecule has 0 unspecified atom stereocenters. The van der Waals surface area contributed by atoms with Gasteiger partial charge in [-0.25, -0.2) is 0 Å². The average Bonchev–Trinajstić information content (AvgIpc) is 3.24. The Bertz CT molecular complexity index is 602.